The van der Waals surface area contributed by atoms with Crippen LogP contribution in [0.2, 0.25) is 0 Å². The van der Waals surface area contributed by atoms with Gasteiger partial charge in [-0.3, -0.25) is 14.4 Å². The second kappa shape index (κ2) is 6.53. The Kier molecular flexibility index (Phi) is 5.05. The molecule has 0 saturated heterocycles. The van der Waals surface area contributed by atoms with Crippen LogP contribution in [0.15, 0.2) is 24.3 Å². The number of rotatable bonds is 5. The quantitative estimate of drug-likeness (QED) is 0.741. The van der Waals surface area contributed by atoms with E-state index in [1.165, 1.54) is 6.92 Å². The average molecular weight is 263 g/mol. The van der Waals surface area contributed by atoms with Crippen LogP contribution >= 0.6 is 0 Å². The van der Waals surface area contributed by atoms with Crippen molar-refractivity contribution in [2.24, 2.45) is 11.7 Å². The number of amides is 3. The van der Waals surface area contributed by atoms with E-state index in [2.05, 4.69) is 10.6 Å². The molecule has 0 bridgehead atoms. The van der Waals surface area contributed by atoms with Crippen LogP contribution in [-0.4, -0.2) is 17.7 Å². The lowest BCUT2D eigenvalue weighted by Crippen LogP contribution is -2.25. The summed E-state index contributed by atoms with van der Waals surface area (Å²) >= 11 is 0. The molecule has 1 aromatic carbocycles. The zero-order chi connectivity index (χ0) is 14.4. The number of anilines is 2. The zero-order valence-corrected chi connectivity index (χ0v) is 10.9. The molecule has 1 atom stereocenters. The van der Waals surface area contributed by atoms with Gasteiger partial charge in [0.1, 0.15) is 0 Å². The number of hydrogen-bond donors (Lipinski definition) is 3. The first-order valence-corrected chi connectivity index (χ1v) is 5.85. The molecule has 3 amide bonds. The van der Waals surface area contributed by atoms with Crippen LogP contribution in [0.4, 0.5) is 11.4 Å². The molecule has 1 aromatic rings. The van der Waals surface area contributed by atoms with E-state index in [0.717, 1.165) is 0 Å². The maximum absolute atomic E-state index is 11.7. The molecule has 0 heterocycles. The Balaban J connectivity index is 2.64. The Bertz CT molecular complexity index is 500. The molecule has 0 aliphatic carbocycles. The third-order valence-electron chi connectivity index (χ3n) is 2.44. The molecule has 19 heavy (non-hydrogen) atoms. The van der Waals surface area contributed by atoms with Gasteiger partial charge in [0.05, 0.1) is 0 Å². The van der Waals surface area contributed by atoms with Gasteiger partial charge in [0.15, 0.2) is 0 Å². The van der Waals surface area contributed by atoms with Crippen molar-refractivity contribution in [1.82, 2.24) is 0 Å². The van der Waals surface area contributed by atoms with E-state index in [0.29, 0.717) is 11.4 Å². The predicted molar refractivity (Wildman–Crippen MR) is 72.4 cm³/mol. The van der Waals surface area contributed by atoms with Crippen molar-refractivity contribution in [3.63, 3.8) is 0 Å². The monoisotopic (exact) mass is 263 g/mol. The molecule has 1 rings (SSSR count). The summed E-state index contributed by atoms with van der Waals surface area (Å²) in [5, 5.41) is 5.26. The zero-order valence-electron chi connectivity index (χ0n) is 10.9. The first-order valence-electron chi connectivity index (χ1n) is 5.85. The Morgan fingerprint density at radius 1 is 1.21 bits per heavy atom. The Morgan fingerprint density at radius 3 is 2.32 bits per heavy atom. The second-order valence-electron chi connectivity index (χ2n) is 4.32. The summed E-state index contributed by atoms with van der Waals surface area (Å²) in [6.07, 6.45) is 0.0275. The standard InChI is InChI=1S/C13H17N3O3/c1-8(13(14)19)6-12(18)16-11-5-3-4-10(7-11)15-9(2)17/h3-5,7-8H,6H2,1-2H3,(H2,14,19)(H,15,17)(H,16,18). The molecule has 0 aliphatic heterocycles. The lowest BCUT2D eigenvalue weighted by Gasteiger charge is -2.09. The maximum Gasteiger partial charge on any atom is 0.225 e. The highest BCUT2D eigenvalue weighted by Gasteiger charge is 2.14. The molecule has 0 spiro atoms. The number of primary amides is 1. The van der Waals surface area contributed by atoms with Gasteiger partial charge < -0.3 is 16.4 Å². The average Bonchev–Trinajstić information content (AvgIpc) is 2.27. The van der Waals surface area contributed by atoms with E-state index >= 15 is 0 Å². The van der Waals surface area contributed by atoms with Gasteiger partial charge in [-0.05, 0) is 18.2 Å². The molecule has 0 fully saturated rings. The Labute approximate surface area is 111 Å². The molecule has 0 aromatic heterocycles. The van der Waals surface area contributed by atoms with Crippen LogP contribution in [-0.2, 0) is 14.4 Å². The summed E-state index contributed by atoms with van der Waals surface area (Å²) in [5.74, 6) is -1.52. The van der Waals surface area contributed by atoms with E-state index in [1.54, 1.807) is 31.2 Å². The van der Waals surface area contributed by atoms with Gasteiger partial charge in [-0.1, -0.05) is 13.0 Å². The summed E-state index contributed by atoms with van der Waals surface area (Å²) in [6.45, 7) is 3.00. The summed E-state index contributed by atoms with van der Waals surface area (Å²) in [4.78, 5) is 33.4. The summed E-state index contributed by atoms with van der Waals surface area (Å²) in [6, 6.07) is 6.74. The van der Waals surface area contributed by atoms with Crippen molar-refractivity contribution in [3.8, 4) is 0 Å². The highest BCUT2D eigenvalue weighted by atomic mass is 16.2. The lowest BCUT2D eigenvalue weighted by atomic mass is 10.1. The highest BCUT2D eigenvalue weighted by Crippen LogP contribution is 2.15. The fourth-order valence-electron chi connectivity index (χ4n) is 1.47. The van der Waals surface area contributed by atoms with Crippen LogP contribution in [0, 0.1) is 5.92 Å². The minimum atomic E-state index is -0.515. The molecular weight excluding hydrogens is 246 g/mol. The van der Waals surface area contributed by atoms with Gasteiger partial charge in [0.2, 0.25) is 17.7 Å². The van der Waals surface area contributed by atoms with Gasteiger partial charge in [-0.15, -0.1) is 0 Å². The SMILES string of the molecule is CC(=O)Nc1cccc(NC(=O)CC(C)C(N)=O)c1. The molecule has 6 heteroatoms. The van der Waals surface area contributed by atoms with E-state index in [9.17, 15) is 14.4 Å². The first kappa shape index (κ1) is 14.7. The molecule has 0 radical (unpaired) electrons. The summed E-state index contributed by atoms with van der Waals surface area (Å²) < 4.78 is 0. The second-order valence-corrected chi connectivity index (χ2v) is 4.32. The van der Waals surface area contributed by atoms with Crippen molar-refractivity contribution in [3.05, 3.63) is 24.3 Å². The van der Waals surface area contributed by atoms with E-state index < -0.39 is 11.8 Å². The molecule has 6 nitrogen and oxygen atoms in total. The van der Waals surface area contributed by atoms with E-state index in [-0.39, 0.29) is 18.2 Å². The number of carbonyl (C=O) groups is 3. The Hall–Kier alpha value is -2.37. The van der Waals surface area contributed by atoms with Crippen LogP contribution in [0.5, 0.6) is 0 Å². The van der Waals surface area contributed by atoms with Crippen LogP contribution in [0.25, 0.3) is 0 Å². The molecule has 1 unspecified atom stereocenters. The van der Waals surface area contributed by atoms with Crippen LogP contribution < -0.4 is 16.4 Å². The van der Waals surface area contributed by atoms with Crippen molar-refractivity contribution in [1.29, 1.82) is 0 Å². The molecular formula is C13H17N3O3. The largest absolute Gasteiger partial charge is 0.369 e. The fourth-order valence-corrected chi connectivity index (χ4v) is 1.47. The number of hydrogen-bond acceptors (Lipinski definition) is 3. The van der Waals surface area contributed by atoms with Gasteiger partial charge in [-0.25, -0.2) is 0 Å². The third kappa shape index (κ3) is 5.20. The number of nitrogens with two attached hydrogens (primary N) is 1. The van der Waals surface area contributed by atoms with E-state index in [4.69, 9.17) is 5.73 Å². The topological polar surface area (TPSA) is 101 Å². The maximum atomic E-state index is 11.7. The Morgan fingerprint density at radius 2 is 1.79 bits per heavy atom. The van der Waals surface area contributed by atoms with Gasteiger partial charge in [0, 0.05) is 30.6 Å². The predicted octanol–water partition coefficient (Wildman–Crippen LogP) is 1.09. The molecule has 0 saturated carbocycles. The summed E-state index contributed by atoms with van der Waals surface area (Å²) in [7, 11) is 0. The minimum absolute atomic E-state index is 0.0275. The van der Waals surface area contributed by atoms with Crippen molar-refractivity contribution in [2.75, 3.05) is 10.6 Å². The first-order chi connectivity index (χ1) is 8.88. The van der Waals surface area contributed by atoms with Crippen LogP contribution in [0.1, 0.15) is 20.3 Å². The van der Waals surface area contributed by atoms with Gasteiger partial charge in [0.25, 0.3) is 0 Å². The fraction of sp³-hybridized carbons (Fsp3) is 0.308. The van der Waals surface area contributed by atoms with Crippen LogP contribution in [0.3, 0.4) is 0 Å². The number of nitrogens with one attached hydrogen (secondary N) is 2. The molecule has 102 valence electrons. The third-order valence-corrected chi connectivity index (χ3v) is 2.44. The van der Waals surface area contributed by atoms with Crippen molar-refractivity contribution in [2.45, 2.75) is 20.3 Å². The van der Waals surface area contributed by atoms with Gasteiger partial charge in [-0.2, -0.15) is 0 Å². The normalized spacial score (nSPS) is 11.5. The van der Waals surface area contributed by atoms with Crippen molar-refractivity contribution >= 4 is 29.1 Å². The minimum Gasteiger partial charge on any atom is -0.369 e. The smallest absolute Gasteiger partial charge is 0.225 e. The highest BCUT2D eigenvalue weighted by molar-refractivity contribution is 5.95. The number of carbonyl (C=O) groups excluding carboxylic acids is 3. The van der Waals surface area contributed by atoms with Crippen molar-refractivity contribution < 1.29 is 14.4 Å². The van der Waals surface area contributed by atoms with Gasteiger partial charge >= 0.3 is 0 Å². The lowest BCUT2D eigenvalue weighted by molar-refractivity contribution is -0.125. The molecule has 0 aliphatic rings. The molecule has 4 N–H and O–H groups in total. The van der Waals surface area contributed by atoms with E-state index in [1.807, 2.05) is 0 Å². The number of benzene rings is 1. The summed E-state index contributed by atoms with van der Waals surface area (Å²) in [5.41, 5.74) is 6.23.